The molecule has 0 unspecified atom stereocenters. The molecular weight excluding hydrogens is 232 g/mol. The zero-order chi connectivity index (χ0) is 13.5. The van der Waals surface area contributed by atoms with Crippen LogP contribution in [0, 0.1) is 6.92 Å². The van der Waals surface area contributed by atoms with Crippen LogP contribution in [0.25, 0.3) is 10.9 Å². The van der Waals surface area contributed by atoms with Crippen LogP contribution in [0.4, 0.5) is 0 Å². The predicted molar refractivity (Wildman–Crippen MR) is 81.5 cm³/mol. The Morgan fingerprint density at radius 2 is 1.84 bits per heavy atom. The minimum absolute atomic E-state index is 0.212. The maximum Gasteiger partial charge on any atom is 0.0482 e. The van der Waals surface area contributed by atoms with Gasteiger partial charge in [0.15, 0.2) is 0 Å². The maximum absolute atomic E-state index is 6.23. The van der Waals surface area contributed by atoms with Gasteiger partial charge >= 0.3 is 0 Å². The molecule has 1 aromatic carbocycles. The van der Waals surface area contributed by atoms with E-state index >= 15 is 0 Å². The van der Waals surface area contributed by atoms with E-state index < -0.39 is 0 Å². The molecule has 0 bridgehead atoms. The Labute approximate surface area is 115 Å². The summed E-state index contributed by atoms with van der Waals surface area (Å²) < 4.78 is 2.33. The summed E-state index contributed by atoms with van der Waals surface area (Å²) in [5.41, 5.74) is 10.7. The summed E-state index contributed by atoms with van der Waals surface area (Å²) in [5, 5.41) is 1.41. The van der Waals surface area contributed by atoms with Gasteiger partial charge in [0.2, 0.25) is 0 Å². The van der Waals surface area contributed by atoms with Crippen molar-refractivity contribution in [2.75, 3.05) is 6.54 Å². The van der Waals surface area contributed by atoms with E-state index in [0.29, 0.717) is 0 Å². The number of benzene rings is 1. The first-order valence-corrected chi connectivity index (χ1v) is 7.44. The number of hydrogen-bond acceptors (Lipinski definition) is 1. The Balaban J connectivity index is 2.26. The van der Waals surface area contributed by atoms with E-state index in [-0.39, 0.29) is 5.41 Å². The third kappa shape index (κ3) is 1.81. The Kier molecular flexibility index (Phi) is 3.14. The second kappa shape index (κ2) is 4.68. The highest BCUT2D eigenvalue weighted by Gasteiger charge is 2.36. The van der Waals surface area contributed by atoms with Crippen molar-refractivity contribution in [2.45, 2.75) is 44.4 Å². The molecule has 1 fully saturated rings. The van der Waals surface area contributed by atoms with Gasteiger partial charge in [-0.15, -0.1) is 0 Å². The topological polar surface area (TPSA) is 30.9 Å². The molecule has 2 nitrogen and oxygen atoms in total. The van der Waals surface area contributed by atoms with Crippen molar-refractivity contribution in [2.24, 2.45) is 12.8 Å². The minimum atomic E-state index is 0.212. The second-order valence-corrected chi connectivity index (χ2v) is 6.08. The van der Waals surface area contributed by atoms with Crippen molar-refractivity contribution in [3.63, 3.8) is 0 Å². The van der Waals surface area contributed by atoms with Gasteiger partial charge < -0.3 is 10.3 Å². The molecule has 1 aromatic heterocycles. The molecule has 19 heavy (non-hydrogen) atoms. The third-order valence-electron chi connectivity index (χ3n) is 5.13. The molecule has 1 aliphatic rings. The van der Waals surface area contributed by atoms with Crippen molar-refractivity contribution in [3.8, 4) is 0 Å². The molecule has 1 saturated carbocycles. The molecule has 0 spiro atoms. The van der Waals surface area contributed by atoms with Gasteiger partial charge in [-0.2, -0.15) is 0 Å². The van der Waals surface area contributed by atoms with E-state index in [9.17, 15) is 0 Å². The molecule has 0 saturated heterocycles. The fraction of sp³-hybridized carbons (Fsp3) is 0.529. The average Bonchev–Trinajstić information content (AvgIpc) is 2.73. The normalized spacial score (nSPS) is 18.9. The molecule has 0 amide bonds. The number of aromatic nitrogens is 1. The highest BCUT2D eigenvalue weighted by molar-refractivity contribution is 5.86. The molecule has 0 radical (unpaired) electrons. The smallest absolute Gasteiger partial charge is 0.0482 e. The van der Waals surface area contributed by atoms with Crippen molar-refractivity contribution in [1.29, 1.82) is 0 Å². The molecule has 0 atom stereocenters. The standard InChI is InChI=1S/C17H24N2/c1-13-16(17(12-18)10-6-3-7-11-17)14-8-4-5-9-15(14)19(13)2/h4-5,8-9H,3,6-7,10-12,18H2,1-2H3. The van der Waals surface area contributed by atoms with Crippen LogP contribution >= 0.6 is 0 Å². The zero-order valence-corrected chi connectivity index (χ0v) is 12.1. The quantitative estimate of drug-likeness (QED) is 0.873. The van der Waals surface area contributed by atoms with Gasteiger partial charge in [0, 0.05) is 35.6 Å². The van der Waals surface area contributed by atoms with Crippen LogP contribution in [0.1, 0.15) is 43.4 Å². The van der Waals surface area contributed by atoms with E-state index in [1.54, 1.807) is 0 Å². The zero-order valence-electron chi connectivity index (χ0n) is 12.1. The summed E-state index contributed by atoms with van der Waals surface area (Å²) >= 11 is 0. The van der Waals surface area contributed by atoms with Gasteiger partial charge in [-0.05, 0) is 31.4 Å². The van der Waals surface area contributed by atoms with Crippen molar-refractivity contribution in [3.05, 3.63) is 35.5 Å². The molecule has 2 N–H and O–H groups in total. The van der Waals surface area contributed by atoms with Gasteiger partial charge in [-0.3, -0.25) is 0 Å². The number of para-hydroxylation sites is 1. The molecular formula is C17H24N2. The predicted octanol–water partition coefficient (Wildman–Crippen LogP) is 3.65. The summed E-state index contributed by atoms with van der Waals surface area (Å²) in [6.07, 6.45) is 6.50. The van der Waals surface area contributed by atoms with E-state index in [2.05, 4.69) is 42.8 Å². The number of hydrogen-bond donors (Lipinski definition) is 1. The van der Waals surface area contributed by atoms with Crippen LogP contribution in [0.15, 0.2) is 24.3 Å². The summed E-state index contributed by atoms with van der Waals surface area (Å²) in [4.78, 5) is 0. The van der Waals surface area contributed by atoms with E-state index in [0.717, 1.165) is 6.54 Å². The lowest BCUT2D eigenvalue weighted by Gasteiger charge is -2.37. The second-order valence-electron chi connectivity index (χ2n) is 6.08. The number of rotatable bonds is 2. The monoisotopic (exact) mass is 256 g/mol. The summed E-state index contributed by atoms with van der Waals surface area (Å²) in [5.74, 6) is 0. The molecule has 102 valence electrons. The van der Waals surface area contributed by atoms with Gasteiger partial charge in [0.25, 0.3) is 0 Å². The summed E-state index contributed by atoms with van der Waals surface area (Å²) in [6.45, 7) is 3.03. The third-order valence-corrected chi connectivity index (χ3v) is 5.13. The summed E-state index contributed by atoms with van der Waals surface area (Å²) in [7, 11) is 2.17. The first-order valence-electron chi connectivity index (χ1n) is 7.44. The minimum Gasteiger partial charge on any atom is -0.348 e. The van der Waals surface area contributed by atoms with Crippen LogP contribution in [0.3, 0.4) is 0 Å². The fourth-order valence-corrected chi connectivity index (χ4v) is 3.97. The molecule has 2 aromatic rings. The Hall–Kier alpha value is -1.28. The van der Waals surface area contributed by atoms with Crippen LogP contribution in [0.5, 0.6) is 0 Å². The molecule has 0 aliphatic heterocycles. The lowest BCUT2D eigenvalue weighted by molar-refractivity contribution is 0.301. The number of nitrogens with two attached hydrogens (primary N) is 1. The largest absolute Gasteiger partial charge is 0.348 e. The van der Waals surface area contributed by atoms with Gasteiger partial charge in [0.1, 0.15) is 0 Å². The van der Waals surface area contributed by atoms with Crippen LogP contribution < -0.4 is 5.73 Å². The highest BCUT2D eigenvalue weighted by Crippen LogP contribution is 2.43. The van der Waals surface area contributed by atoms with Crippen molar-refractivity contribution < 1.29 is 0 Å². The molecule has 2 heteroatoms. The summed E-state index contributed by atoms with van der Waals surface area (Å²) in [6, 6.07) is 8.77. The van der Waals surface area contributed by atoms with Crippen LogP contribution in [0.2, 0.25) is 0 Å². The van der Waals surface area contributed by atoms with E-state index in [4.69, 9.17) is 5.73 Å². The van der Waals surface area contributed by atoms with Crippen LogP contribution in [-0.2, 0) is 12.5 Å². The van der Waals surface area contributed by atoms with E-state index in [1.165, 1.54) is 54.3 Å². The first kappa shape index (κ1) is 12.7. The van der Waals surface area contributed by atoms with Gasteiger partial charge in [-0.1, -0.05) is 37.5 Å². The van der Waals surface area contributed by atoms with Gasteiger partial charge in [-0.25, -0.2) is 0 Å². The number of fused-ring (bicyclic) bond motifs is 1. The van der Waals surface area contributed by atoms with Gasteiger partial charge in [0.05, 0.1) is 0 Å². The first-order chi connectivity index (χ1) is 9.19. The Morgan fingerprint density at radius 1 is 1.16 bits per heavy atom. The Morgan fingerprint density at radius 3 is 2.53 bits per heavy atom. The average molecular weight is 256 g/mol. The maximum atomic E-state index is 6.23. The van der Waals surface area contributed by atoms with E-state index in [1.807, 2.05) is 0 Å². The fourth-order valence-electron chi connectivity index (χ4n) is 3.97. The highest BCUT2D eigenvalue weighted by atomic mass is 14.9. The molecule has 1 aliphatic carbocycles. The number of nitrogens with zero attached hydrogens (tertiary/aromatic N) is 1. The Bertz CT molecular complexity index is 589. The molecule has 3 rings (SSSR count). The van der Waals surface area contributed by atoms with Crippen molar-refractivity contribution in [1.82, 2.24) is 4.57 Å². The molecule has 1 heterocycles. The SMILES string of the molecule is Cc1c(C2(CN)CCCCC2)c2ccccc2n1C. The lowest BCUT2D eigenvalue weighted by Crippen LogP contribution is -2.37. The van der Waals surface area contributed by atoms with Crippen molar-refractivity contribution >= 4 is 10.9 Å². The lowest BCUT2D eigenvalue weighted by atomic mass is 9.68. The number of aryl methyl sites for hydroxylation is 1. The van der Waals surface area contributed by atoms with Crippen LogP contribution in [-0.4, -0.2) is 11.1 Å².